The Morgan fingerprint density at radius 3 is 2.52 bits per heavy atom. The first-order chi connectivity index (χ1) is 13.8. The van der Waals surface area contributed by atoms with Gasteiger partial charge in [0.05, 0.1) is 27.8 Å². The second kappa shape index (κ2) is 7.37. The van der Waals surface area contributed by atoms with Crippen LogP contribution >= 0.6 is 23.2 Å². The van der Waals surface area contributed by atoms with Gasteiger partial charge in [0, 0.05) is 31.0 Å². The van der Waals surface area contributed by atoms with Crippen LogP contribution in [-0.2, 0) is 17.3 Å². The fraction of sp³-hybridized carbons (Fsp3) is 0.238. The van der Waals surface area contributed by atoms with Crippen LogP contribution in [0.25, 0.3) is 10.9 Å². The SMILES string of the molecule is Cn1c(C(=O)NC2(c3ccc(C(=O)O)cc3)CCOC2)cc2c(Cl)c(Cl)ccc21. The highest BCUT2D eigenvalue weighted by Gasteiger charge is 2.39. The molecular formula is C21H18Cl2N2O4. The molecule has 0 aliphatic carbocycles. The van der Waals surface area contributed by atoms with Gasteiger partial charge in [-0.05, 0) is 35.9 Å². The molecule has 0 spiro atoms. The highest BCUT2D eigenvalue weighted by atomic mass is 35.5. The van der Waals surface area contributed by atoms with E-state index in [1.165, 1.54) is 12.1 Å². The molecule has 2 N–H and O–H groups in total. The van der Waals surface area contributed by atoms with Crippen molar-refractivity contribution in [1.29, 1.82) is 0 Å². The number of amides is 1. The lowest BCUT2D eigenvalue weighted by molar-refractivity contribution is 0.0696. The van der Waals surface area contributed by atoms with Crippen LogP contribution in [0.5, 0.6) is 0 Å². The summed E-state index contributed by atoms with van der Waals surface area (Å²) in [4.78, 5) is 24.3. The molecule has 2 heterocycles. The van der Waals surface area contributed by atoms with Crippen LogP contribution in [0.4, 0.5) is 0 Å². The number of rotatable bonds is 4. The molecular weight excluding hydrogens is 415 g/mol. The van der Waals surface area contributed by atoms with Crippen molar-refractivity contribution in [3.8, 4) is 0 Å². The maximum Gasteiger partial charge on any atom is 0.335 e. The minimum absolute atomic E-state index is 0.189. The number of carboxylic acid groups (broad SMARTS) is 1. The van der Waals surface area contributed by atoms with Crippen molar-refractivity contribution in [2.75, 3.05) is 13.2 Å². The molecule has 1 aliphatic heterocycles. The number of hydrogen-bond donors (Lipinski definition) is 2. The van der Waals surface area contributed by atoms with Gasteiger partial charge in [-0.1, -0.05) is 35.3 Å². The van der Waals surface area contributed by atoms with Crippen molar-refractivity contribution < 1.29 is 19.4 Å². The first kappa shape index (κ1) is 19.8. The molecule has 2 aromatic carbocycles. The molecule has 0 bridgehead atoms. The van der Waals surface area contributed by atoms with Gasteiger partial charge in [0.15, 0.2) is 0 Å². The fourth-order valence-electron chi connectivity index (χ4n) is 3.74. The average molecular weight is 433 g/mol. The summed E-state index contributed by atoms with van der Waals surface area (Å²) in [6.45, 7) is 0.805. The smallest absolute Gasteiger partial charge is 0.335 e. The molecule has 150 valence electrons. The summed E-state index contributed by atoms with van der Waals surface area (Å²) in [5.74, 6) is -1.27. The van der Waals surface area contributed by atoms with Gasteiger partial charge in [-0.15, -0.1) is 0 Å². The molecule has 1 aromatic heterocycles. The summed E-state index contributed by atoms with van der Waals surface area (Å²) in [5, 5.41) is 13.8. The van der Waals surface area contributed by atoms with Crippen molar-refractivity contribution in [3.05, 3.63) is 69.3 Å². The summed E-state index contributed by atoms with van der Waals surface area (Å²) in [6.07, 6.45) is 0.585. The Morgan fingerprint density at radius 2 is 1.90 bits per heavy atom. The van der Waals surface area contributed by atoms with Gasteiger partial charge >= 0.3 is 5.97 Å². The largest absolute Gasteiger partial charge is 0.478 e. The average Bonchev–Trinajstić information content (AvgIpc) is 3.31. The monoisotopic (exact) mass is 432 g/mol. The van der Waals surface area contributed by atoms with E-state index in [-0.39, 0.29) is 11.5 Å². The van der Waals surface area contributed by atoms with Gasteiger partial charge in [0.2, 0.25) is 0 Å². The maximum atomic E-state index is 13.2. The first-order valence-electron chi connectivity index (χ1n) is 9.00. The van der Waals surface area contributed by atoms with E-state index in [0.717, 1.165) is 11.1 Å². The molecule has 8 heteroatoms. The quantitative estimate of drug-likeness (QED) is 0.646. The Morgan fingerprint density at radius 1 is 1.17 bits per heavy atom. The van der Waals surface area contributed by atoms with Crippen molar-refractivity contribution >= 4 is 46.0 Å². The first-order valence-corrected chi connectivity index (χ1v) is 9.75. The number of hydrogen-bond acceptors (Lipinski definition) is 3. The number of nitrogens with zero attached hydrogens (tertiary/aromatic N) is 1. The molecule has 6 nitrogen and oxygen atoms in total. The molecule has 0 saturated carbocycles. The lowest BCUT2D eigenvalue weighted by Gasteiger charge is -2.29. The third kappa shape index (κ3) is 3.37. The van der Waals surface area contributed by atoms with E-state index in [2.05, 4.69) is 5.32 Å². The Bertz CT molecular complexity index is 1120. The Kier molecular flexibility index (Phi) is 5.02. The number of carbonyl (C=O) groups excluding carboxylic acids is 1. The van der Waals surface area contributed by atoms with Crippen molar-refractivity contribution in [2.24, 2.45) is 7.05 Å². The molecule has 29 heavy (non-hydrogen) atoms. The van der Waals surface area contributed by atoms with Crippen LogP contribution in [0.3, 0.4) is 0 Å². The van der Waals surface area contributed by atoms with Crippen LogP contribution in [-0.4, -0.2) is 34.8 Å². The third-order valence-electron chi connectivity index (χ3n) is 5.40. The number of fused-ring (bicyclic) bond motifs is 1. The standard InChI is InChI=1S/C21H18Cl2N2O4/c1-25-16-7-6-15(22)18(23)14(16)10-17(25)19(26)24-21(8-9-29-11-21)13-4-2-12(3-5-13)20(27)28/h2-7,10H,8-9,11H2,1H3,(H,24,26)(H,27,28). The van der Waals surface area contributed by atoms with Crippen LogP contribution in [0.15, 0.2) is 42.5 Å². The Balaban J connectivity index is 1.70. The number of aromatic carboxylic acids is 1. The number of ether oxygens (including phenoxy) is 1. The lowest BCUT2D eigenvalue weighted by atomic mass is 9.88. The van der Waals surface area contributed by atoms with Gasteiger partial charge < -0.3 is 19.7 Å². The van der Waals surface area contributed by atoms with Crippen LogP contribution in [0, 0.1) is 0 Å². The fourth-order valence-corrected chi connectivity index (χ4v) is 4.12. The molecule has 0 radical (unpaired) electrons. The van der Waals surface area contributed by atoms with E-state index in [1.807, 2.05) is 6.07 Å². The third-order valence-corrected chi connectivity index (χ3v) is 6.22. The number of aryl methyl sites for hydroxylation is 1. The van der Waals surface area contributed by atoms with E-state index >= 15 is 0 Å². The van der Waals surface area contributed by atoms with E-state index in [1.54, 1.807) is 35.9 Å². The molecule has 1 amide bonds. The number of benzene rings is 2. The highest BCUT2D eigenvalue weighted by Crippen LogP contribution is 2.34. The van der Waals surface area contributed by atoms with Crippen molar-refractivity contribution in [2.45, 2.75) is 12.0 Å². The van der Waals surface area contributed by atoms with E-state index in [9.17, 15) is 9.59 Å². The van der Waals surface area contributed by atoms with Gasteiger partial charge in [-0.2, -0.15) is 0 Å². The predicted molar refractivity (Wildman–Crippen MR) is 111 cm³/mol. The lowest BCUT2D eigenvalue weighted by Crippen LogP contribution is -2.47. The van der Waals surface area contributed by atoms with E-state index < -0.39 is 11.5 Å². The summed E-state index contributed by atoms with van der Waals surface area (Å²) >= 11 is 12.4. The molecule has 3 aromatic rings. The summed E-state index contributed by atoms with van der Waals surface area (Å²) in [6, 6.07) is 11.7. The molecule has 1 unspecified atom stereocenters. The normalized spacial score (nSPS) is 18.9. The highest BCUT2D eigenvalue weighted by molar-refractivity contribution is 6.45. The van der Waals surface area contributed by atoms with E-state index in [4.69, 9.17) is 33.0 Å². The Labute approximate surface area is 177 Å². The van der Waals surface area contributed by atoms with Crippen LogP contribution in [0.1, 0.15) is 32.8 Å². The number of nitrogens with one attached hydrogen (secondary N) is 1. The predicted octanol–water partition coefficient (Wildman–Crippen LogP) is 4.23. The van der Waals surface area contributed by atoms with Crippen molar-refractivity contribution in [1.82, 2.24) is 9.88 Å². The molecule has 1 atom stereocenters. The number of aromatic nitrogens is 1. The van der Waals surface area contributed by atoms with Gasteiger partial charge in [0.25, 0.3) is 5.91 Å². The zero-order chi connectivity index (χ0) is 20.8. The number of halogens is 2. The van der Waals surface area contributed by atoms with Gasteiger partial charge in [-0.25, -0.2) is 4.79 Å². The molecule has 4 rings (SSSR count). The van der Waals surface area contributed by atoms with E-state index in [0.29, 0.717) is 40.8 Å². The Hall–Kier alpha value is -2.54. The van der Waals surface area contributed by atoms with Gasteiger partial charge in [0.1, 0.15) is 5.69 Å². The zero-order valence-electron chi connectivity index (χ0n) is 15.5. The summed E-state index contributed by atoms with van der Waals surface area (Å²) < 4.78 is 7.34. The second-order valence-corrected chi connectivity index (χ2v) is 7.89. The summed E-state index contributed by atoms with van der Waals surface area (Å²) in [5.41, 5.74) is 1.50. The number of carbonyl (C=O) groups is 2. The topological polar surface area (TPSA) is 80.6 Å². The minimum Gasteiger partial charge on any atom is -0.478 e. The number of carboxylic acids is 1. The second-order valence-electron chi connectivity index (χ2n) is 7.10. The van der Waals surface area contributed by atoms with Gasteiger partial charge in [-0.3, -0.25) is 4.79 Å². The van der Waals surface area contributed by atoms with Crippen molar-refractivity contribution in [3.63, 3.8) is 0 Å². The summed E-state index contributed by atoms with van der Waals surface area (Å²) in [7, 11) is 1.79. The molecule has 1 aliphatic rings. The minimum atomic E-state index is -0.997. The molecule has 1 saturated heterocycles. The zero-order valence-corrected chi connectivity index (χ0v) is 17.0. The van der Waals surface area contributed by atoms with Crippen LogP contribution < -0.4 is 5.32 Å². The maximum absolute atomic E-state index is 13.2. The van der Waals surface area contributed by atoms with Crippen LogP contribution in [0.2, 0.25) is 10.0 Å². The molecule has 1 fully saturated rings.